The maximum absolute atomic E-state index is 13.6. The number of rotatable bonds is 7. The Balaban J connectivity index is 1.56. The van der Waals surface area contributed by atoms with E-state index in [1.807, 2.05) is 26.0 Å². The van der Waals surface area contributed by atoms with Gasteiger partial charge in [0.05, 0.1) is 0 Å². The molecule has 0 aliphatic heterocycles. The molecule has 0 spiro atoms. The highest BCUT2D eigenvalue weighted by molar-refractivity contribution is 5.92. The standard InChI is InChI=1S/C20H19F2N3O3/c1-12-5-4-8-23-15(12)9-13(2)24-20(26)16-10-28-18(25-16)11-27-17-7-3-6-14(21)19(17)22/h3-8,10,13H,9,11H2,1-2H3,(H,24,26). The van der Waals surface area contributed by atoms with Crippen molar-refractivity contribution in [3.63, 3.8) is 0 Å². The van der Waals surface area contributed by atoms with Gasteiger partial charge in [0.25, 0.3) is 5.91 Å². The molecule has 146 valence electrons. The van der Waals surface area contributed by atoms with Gasteiger partial charge < -0.3 is 14.5 Å². The Labute approximate surface area is 160 Å². The number of hydrogen-bond acceptors (Lipinski definition) is 5. The van der Waals surface area contributed by atoms with Crippen molar-refractivity contribution < 1.29 is 22.7 Å². The molecule has 0 saturated heterocycles. The van der Waals surface area contributed by atoms with Crippen molar-refractivity contribution in [2.75, 3.05) is 0 Å². The van der Waals surface area contributed by atoms with Crippen LogP contribution in [0.3, 0.4) is 0 Å². The Morgan fingerprint density at radius 1 is 1.29 bits per heavy atom. The molecule has 1 unspecified atom stereocenters. The number of carbonyl (C=O) groups is 1. The Kier molecular flexibility index (Phi) is 5.98. The predicted molar refractivity (Wildman–Crippen MR) is 96.8 cm³/mol. The minimum absolute atomic E-state index is 0.0713. The summed E-state index contributed by atoms with van der Waals surface area (Å²) in [6.07, 6.45) is 3.47. The van der Waals surface area contributed by atoms with Crippen LogP contribution in [0, 0.1) is 18.6 Å². The van der Waals surface area contributed by atoms with Gasteiger partial charge in [-0.1, -0.05) is 12.1 Å². The van der Waals surface area contributed by atoms with Crippen LogP contribution in [-0.4, -0.2) is 21.9 Å². The van der Waals surface area contributed by atoms with Gasteiger partial charge in [-0.25, -0.2) is 9.37 Å². The molecule has 0 radical (unpaired) electrons. The van der Waals surface area contributed by atoms with Gasteiger partial charge in [0.1, 0.15) is 6.26 Å². The molecule has 3 rings (SSSR count). The lowest BCUT2D eigenvalue weighted by Gasteiger charge is -2.13. The predicted octanol–water partition coefficient (Wildman–Crippen LogP) is 3.60. The summed E-state index contributed by atoms with van der Waals surface area (Å²) < 4.78 is 37.1. The van der Waals surface area contributed by atoms with Crippen molar-refractivity contribution in [1.82, 2.24) is 15.3 Å². The third kappa shape index (κ3) is 4.70. The number of amides is 1. The maximum atomic E-state index is 13.6. The van der Waals surface area contributed by atoms with Crippen molar-refractivity contribution in [2.45, 2.75) is 32.9 Å². The molecule has 28 heavy (non-hydrogen) atoms. The molecule has 6 nitrogen and oxygen atoms in total. The molecule has 0 aliphatic carbocycles. The van der Waals surface area contributed by atoms with E-state index in [-0.39, 0.29) is 30.0 Å². The highest BCUT2D eigenvalue weighted by Gasteiger charge is 2.17. The Morgan fingerprint density at radius 3 is 2.89 bits per heavy atom. The molecular formula is C20H19F2N3O3. The van der Waals surface area contributed by atoms with Gasteiger partial charge in [0.2, 0.25) is 11.7 Å². The summed E-state index contributed by atoms with van der Waals surface area (Å²) in [4.78, 5) is 20.6. The summed E-state index contributed by atoms with van der Waals surface area (Å²) in [5.41, 5.74) is 2.03. The van der Waals surface area contributed by atoms with Crippen LogP contribution in [-0.2, 0) is 13.0 Å². The summed E-state index contributed by atoms with van der Waals surface area (Å²) in [6.45, 7) is 3.58. The lowest BCUT2D eigenvalue weighted by atomic mass is 10.1. The molecular weight excluding hydrogens is 368 g/mol. The Hall–Kier alpha value is -3.29. The second-order valence-corrected chi connectivity index (χ2v) is 6.31. The van der Waals surface area contributed by atoms with Crippen molar-refractivity contribution >= 4 is 5.91 Å². The number of aryl methyl sites for hydroxylation is 1. The van der Waals surface area contributed by atoms with E-state index in [1.54, 1.807) is 6.20 Å². The van der Waals surface area contributed by atoms with Crippen molar-refractivity contribution in [1.29, 1.82) is 0 Å². The zero-order chi connectivity index (χ0) is 20.1. The van der Waals surface area contributed by atoms with Crippen LogP contribution in [0.2, 0.25) is 0 Å². The number of oxazole rings is 1. The fraction of sp³-hybridized carbons (Fsp3) is 0.250. The molecule has 0 bridgehead atoms. The van der Waals surface area contributed by atoms with E-state index in [9.17, 15) is 13.6 Å². The van der Waals surface area contributed by atoms with Crippen LogP contribution < -0.4 is 10.1 Å². The van der Waals surface area contributed by atoms with E-state index in [2.05, 4.69) is 15.3 Å². The average molecular weight is 387 g/mol. The van der Waals surface area contributed by atoms with Crippen LogP contribution in [0.4, 0.5) is 8.78 Å². The Morgan fingerprint density at radius 2 is 2.11 bits per heavy atom. The number of nitrogens with zero attached hydrogens (tertiary/aromatic N) is 2. The van der Waals surface area contributed by atoms with E-state index in [1.165, 1.54) is 18.4 Å². The fourth-order valence-corrected chi connectivity index (χ4v) is 2.59. The minimum Gasteiger partial charge on any atom is -0.481 e. The van der Waals surface area contributed by atoms with Crippen LogP contribution in [0.25, 0.3) is 0 Å². The monoisotopic (exact) mass is 387 g/mol. The number of carbonyl (C=O) groups excluding carboxylic acids is 1. The summed E-state index contributed by atoms with van der Waals surface area (Å²) in [5, 5.41) is 2.82. The van der Waals surface area contributed by atoms with Crippen molar-refractivity contribution in [3.8, 4) is 5.75 Å². The molecule has 0 saturated carbocycles. The van der Waals surface area contributed by atoms with Crippen molar-refractivity contribution in [2.24, 2.45) is 0 Å². The molecule has 1 N–H and O–H groups in total. The minimum atomic E-state index is -1.09. The maximum Gasteiger partial charge on any atom is 0.273 e. The van der Waals surface area contributed by atoms with Gasteiger partial charge in [0.15, 0.2) is 23.9 Å². The van der Waals surface area contributed by atoms with Gasteiger partial charge >= 0.3 is 0 Å². The van der Waals surface area contributed by atoms with Gasteiger partial charge in [-0.3, -0.25) is 9.78 Å². The number of aromatic nitrogens is 2. The highest BCUT2D eigenvalue weighted by atomic mass is 19.2. The average Bonchev–Trinajstić information content (AvgIpc) is 3.14. The zero-order valence-corrected chi connectivity index (χ0v) is 15.4. The summed E-state index contributed by atoms with van der Waals surface area (Å²) in [6, 6.07) is 7.25. The number of pyridine rings is 1. The smallest absolute Gasteiger partial charge is 0.273 e. The molecule has 0 aliphatic rings. The quantitative estimate of drug-likeness (QED) is 0.670. The first-order valence-corrected chi connectivity index (χ1v) is 8.66. The first-order chi connectivity index (χ1) is 13.4. The van der Waals surface area contributed by atoms with Crippen LogP contribution >= 0.6 is 0 Å². The van der Waals surface area contributed by atoms with E-state index >= 15 is 0 Å². The van der Waals surface area contributed by atoms with E-state index in [0.717, 1.165) is 17.3 Å². The fourth-order valence-electron chi connectivity index (χ4n) is 2.59. The molecule has 8 heteroatoms. The van der Waals surface area contributed by atoms with E-state index in [0.29, 0.717) is 6.42 Å². The van der Waals surface area contributed by atoms with Gasteiger partial charge in [-0.05, 0) is 37.6 Å². The molecule has 1 atom stereocenters. The second-order valence-electron chi connectivity index (χ2n) is 6.31. The number of ether oxygens (including phenoxy) is 1. The number of halogens is 2. The number of benzene rings is 1. The summed E-state index contributed by atoms with van der Waals surface area (Å²) >= 11 is 0. The van der Waals surface area contributed by atoms with Gasteiger partial charge in [0, 0.05) is 24.4 Å². The van der Waals surface area contributed by atoms with Gasteiger partial charge in [-0.2, -0.15) is 4.39 Å². The Bertz CT molecular complexity index is 975. The third-order valence-corrected chi connectivity index (χ3v) is 4.05. The normalized spacial score (nSPS) is 11.9. The first-order valence-electron chi connectivity index (χ1n) is 8.66. The van der Waals surface area contributed by atoms with Crippen LogP contribution in [0.1, 0.15) is 34.6 Å². The third-order valence-electron chi connectivity index (χ3n) is 4.05. The highest BCUT2D eigenvalue weighted by Crippen LogP contribution is 2.20. The molecule has 0 fully saturated rings. The van der Waals surface area contributed by atoms with Crippen molar-refractivity contribution in [3.05, 3.63) is 77.3 Å². The summed E-state index contributed by atoms with van der Waals surface area (Å²) in [5.74, 6) is -2.70. The number of nitrogens with one attached hydrogen (secondary N) is 1. The molecule has 2 aromatic heterocycles. The van der Waals surface area contributed by atoms with Gasteiger partial charge in [-0.15, -0.1) is 0 Å². The molecule has 3 aromatic rings. The second kappa shape index (κ2) is 8.60. The molecule has 1 aromatic carbocycles. The summed E-state index contributed by atoms with van der Waals surface area (Å²) in [7, 11) is 0. The topological polar surface area (TPSA) is 77.2 Å². The lowest BCUT2D eigenvalue weighted by Crippen LogP contribution is -2.34. The largest absolute Gasteiger partial charge is 0.481 e. The first kappa shape index (κ1) is 19.5. The lowest BCUT2D eigenvalue weighted by molar-refractivity contribution is 0.0934. The SMILES string of the molecule is Cc1cccnc1CC(C)NC(=O)c1coc(COc2cccc(F)c2F)n1. The van der Waals surface area contributed by atoms with Crippen LogP contribution in [0.5, 0.6) is 5.75 Å². The van der Waals surface area contributed by atoms with E-state index in [4.69, 9.17) is 9.15 Å². The molecule has 2 heterocycles. The molecule has 1 amide bonds. The number of hydrogen-bond donors (Lipinski definition) is 1. The van der Waals surface area contributed by atoms with Crippen LogP contribution in [0.15, 0.2) is 47.2 Å². The zero-order valence-electron chi connectivity index (χ0n) is 15.4. The van der Waals surface area contributed by atoms with E-state index < -0.39 is 17.5 Å².